The van der Waals surface area contributed by atoms with Gasteiger partial charge in [0.15, 0.2) is 0 Å². The molecule has 2 N–H and O–H groups in total. The molecule has 0 spiro atoms. The Morgan fingerprint density at radius 2 is 1.59 bits per heavy atom. The van der Waals surface area contributed by atoms with Crippen LogP contribution in [0.1, 0.15) is 41.8 Å². The molecule has 17 heavy (non-hydrogen) atoms. The van der Waals surface area contributed by atoms with E-state index in [9.17, 15) is 0 Å². The summed E-state index contributed by atoms with van der Waals surface area (Å²) >= 11 is 1.71. The van der Waals surface area contributed by atoms with Gasteiger partial charge in [0.1, 0.15) is 0 Å². The van der Waals surface area contributed by atoms with Crippen molar-refractivity contribution in [3.63, 3.8) is 0 Å². The molecule has 1 nitrogen and oxygen atoms in total. The van der Waals surface area contributed by atoms with Crippen molar-refractivity contribution in [3.05, 3.63) is 57.8 Å². The normalized spacial score (nSPS) is 12.2. The standard InChI is InChI=1S/C14H17NS.ClH/c1-10(2)11-5-7-12(8-6-11)14(15)13-4-3-9-16-13;/h3-10,14H,15H2,1-2H3;1H. The van der Waals surface area contributed by atoms with Gasteiger partial charge in [-0.15, -0.1) is 23.7 Å². The molecule has 0 aliphatic rings. The first-order chi connectivity index (χ1) is 7.68. The van der Waals surface area contributed by atoms with Gasteiger partial charge in [-0.3, -0.25) is 0 Å². The van der Waals surface area contributed by atoms with Crippen LogP contribution in [0.3, 0.4) is 0 Å². The monoisotopic (exact) mass is 267 g/mol. The minimum absolute atomic E-state index is 0. The predicted octanol–water partition coefficient (Wildman–Crippen LogP) is 4.34. The molecule has 92 valence electrons. The fraction of sp³-hybridized carbons (Fsp3) is 0.286. The molecule has 0 saturated carbocycles. The molecule has 0 saturated heterocycles. The molecule has 0 bridgehead atoms. The molecule has 2 aromatic rings. The van der Waals surface area contributed by atoms with Crippen LogP contribution in [0.4, 0.5) is 0 Å². The second kappa shape index (κ2) is 6.20. The fourth-order valence-electron chi connectivity index (χ4n) is 1.72. The van der Waals surface area contributed by atoms with Gasteiger partial charge in [0.05, 0.1) is 6.04 Å². The SMILES string of the molecule is CC(C)c1ccc(C(N)c2cccs2)cc1.Cl. The summed E-state index contributed by atoms with van der Waals surface area (Å²) in [7, 11) is 0. The van der Waals surface area contributed by atoms with Gasteiger partial charge in [-0.1, -0.05) is 44.2 Å². The summed E-state index contributed by atoms with van der Waals surface area (Å²) in [6, 6.07) is 12.8. The minimum atomic E-state index is 0. The Labute approximate surface area is 113 Å². The molecule has 0 amide bonds. The average molecular weight is 268 g/mol. The minimum Gasteiger partial charge on any atom is -0.320 e. The molecule has 0 radical (unpaired) electrons. The first kappa shape index (κ1) is 14.2. The van der Waals surface area contributed by atoms with Gasteiger partial charge >= 0.3 is 0 Å². The van der Waals surface area contributed by atoms with Crippen molar-refractivity contribution in [3.8, 4) is 0 Å². The smallest absolute Gasteiger partial charge is 0.0645 e. The zero-order valence-corrected chi connectivity index (χ0v) is 11.7. The van der Waals surface area contributed by atoms with E-state index in [4.69, 9.17) is 5.73 Å². The van der Waals surface area contributed by atoms with Crippen LogP contribution in [0, 0.1) is 0 Å². The summed E-state index contributed by atoms with van der Waals surface area (Å²) < 4.78 is 0. The van der Waals surface area contributed by atoms with E-state index < -0.39 is 0 Å². The molecule has 1 aromatic heterocycles. The molecule has 0 fully saturated rings. The van der Waals surface area contributed by atoms with Gasteiger partial charge in [-0.05, 0) is 28.5 Å². The van der Waals surface area contributed by atoms with Gasteiger partial charge in [-0.2, -0.15) is 0 Å². The van der Waals surface area contributed by atoms with E-state index in [1.54, 1.807) is 11.3 Å². The number of hydrogen-bond donors (Lipinski definition) is 1. The molecule has 1 atom stereocenters. The Balaban J connectivity index is 0.00000144. The van der Waals surface area contributed by atoms with Crippen LogP contribution < -0.4 is 5.73 Å². The lowest BCUT2D eigenvalue weighted by atomic mass is 9.99. The van der Waals surface area contributed by atoms with E-state index in [0.29, 0.717) is 5.92 Å². The number of rotatable bonds is 3. The average Bonchev–Trinajstić information content (AvgIpc) is 2.81. The summed E-state index contributed by atoms with van der Waals surface area (Å²) in [5, 5.41) is 2.07. The van der Waals surface area contributed by atoms with Crippen molar-refractivity contribution < 1.29 is 0 Å². The third kappa shape index (κ3) is 3.32. The number of benzene rings is 1. The summed E-state index contributed by atoms with van der Waals surface area (Å²) in [4.78, 5) is 1.22. The zero-order chi connectivity index (χ0) is 11.5. The maximum atomic E-state index is 6.20. The lowest BCUT2D eigenvalue weighted by Gasteiger charge is -2.12. The summed E-state index contributed by atoms with van der Waals surface area (Å²) in [5.74, 6) is 0.576. The summed E-state index contributed by atoms with van der Waals surface area (Å²) in [6.45, 7) is 4.41. The molecule has 1 aromatic carbocycles. The Bertz CT molecular complexity index is 434. The van der Waals surface area contributed by atoms with E-state index >= 15 is 0 Å². The van der Waals surface area contributed by atoms with E-state index in [2.05, 4.69) is 49.6 Å². The van der Waals surface area contributed by atoms with E-state index in [-0.39, 0.29) is 18.4 Å². The van der Waals surface area contributed by atoms with Crippen molar-refractivity contribution in [1.29, 1.82) is 0 Å². The molecule has 0 aliphatic heterocycles. The highest BCUT2D eigenvalue weighted by molar-refractivity contribution is 7.10. The Hall–Kier alpha value is -0.830. The maximum absolute atomic E-state index is 6.20. The van der Waals surface area contributed by atoms with Crippen molar-refractivity contribution in [1.82, 2.24) is 0 Å². The predicted molar refractivity (Wildman–Crippen MR) is 78.1 cm³/mol. The highest BCUT2D eigenvalue weighted by Gasteiger charge is 2.09. The van der Waals surface area contributed by atoms with Crippen molar-refractivity contribution in [2.45, 2.75) is 25.8 Å². The quantitative estimate of drug-likeness (QED) is 0.880. The topological polar surface area (TPSA) is 26.0 Å². The van der Waals surface area contributed by atoms with Crippen LogP contribution in [0.25, 0.3) is 0 Å². The third-order valence-electron chi connectivity index (χ3n) is 2.81. The first-order valence-corrected chi connectivity index (χ1v) is 6.45. The fourth-order valence-corrected chi connectivity index (χ4v) is 2.47. The second-order valence-corrected chi connectivity index (χ2v) is 5.29. The van der Waals surface area contributed by atoms with Crippen molar-refractivity contribution >= 4 is 23.7 Å². The Morgan fingerprint density at radius 3 is 2.06 bits per heavy atom. The zero-order valence-electron chi connectivity index (χ0n) is 10.1. The largest absolute Gasteiger partial charge is 0.320 e. The number of halogens is 1. The molecular weight excluding hydrogens is 250 g/mol. The lowest BCUT2D eigenvalue weighted by Crippen LogP contribution is -2.10. The Kier molecular flexibility index (Phi) is 5.19. The molecule has 2 rings (SSSR count). The molecule has 3 heteroatoms. The highest BCUT2D eigenvalue weighted by atomic mass is 35.5. The Morgan fingerprint density at radius 1 is 1.00 bits per heavy atom. The van der Waals surface area contributed by atoms with Crippen LogP contribution in [0.2, 0.25) is 0 Å². The number of hydrogen-bond acceptors (Lipinski definition) is 2. The first-order valence-electron chi connectivity index (χ1n) is 5.57. The van der Waals surface area contributed by atoms with Crippen LogP contribution in [-0.4, -0.2) is 0 Å². The molecule has 0 aliphatic carbocycles. The molecular formula is C14H18ClNS. The molecule has 1 unspecified atom stereocenters. The summed E-state index contributed by atoms with van der Waals surface area (Å²) in [5.41, 5.74) is 8.75. The van der Waals surface area contributed by atoms with E-state index in [1.165, 1.54) is 16.0 Å². The summed E-state index contributed by atoms with van der Waals surface area (Å²) in [6.07, 6.45) is 0. The van der Waals surface area contributed by atoms with Crippen LogP contribution >= 0.6 is 23.7 Å². The number of nitrogens with two attached hydrogens (primary N) is 1. The van der Waals surface area contributed by atoms with Crippen LogP contribution in [0.5, 0.6) is 0 Å². The van der Waals surface area contributed by atoms with E-state index in [1.807, 2.05) is 6.07 Å². The van der Waals surface area contributed by atoms with Gasteiger partial charge in [0, 0.05) is 4.88 Å². The molecule has 1 heterocycles. The van der Waals surface area contributed by atoms with Crippen molar-refractivity contribution in [2.24, 2.45) is 5.73 Å². The van der Waals surface area contributed by atoms with Crippen LogP contribution in [0.15, 0.2) is 41.8 Å². The van der Waals surface area contributed by atoms with Crippen LogP contribution in [-0.2, 0) is 0 Å². The van der Waals surface area contributed by atoms with Crippen molar-refractivity contribution in [2.75, 3.05) is 0 Å². The van der Waals surface area contributed by atoms with Gasteiger partial charge in [-0.25, -0.2) is 0 Å². The van der Waals surface area contributed by atoms with Gasteiger partial charge < -0.3 is 5.73 Å². The number of thiophene rings is 1. The second-order valence-electron chi connectivity index (χ2n) is 4.31. The third-order valence-corrected chi connectivity index (χ3v) is 3.77. The van der Waals surface area contributed by atoms with E-state index in [0.717, 1.165) is 0 Å². The highest BCUT2D eigenvalue weighted by Crippen LogP contribution is 2.25. The maximum Gasteiger partial charge on any atom is 0.0645 e. The van der Waals surface area contributed by atoms with Gasteiger partial charge in [0.25, 0.3) is 0 Å². The van der Waals surface area contributed by atoms with Gasteiger partial charge in [0.2, 0.25) is 0 Å². The lowest BCUT2D eigenvalue weighted by molar-refractivity contribution is 0.854.